The maximum Gasteiger partial charge on any atom is 0.0589 e. The normalized spacial score (nSPS) is 11.3. The van der Waals surface area contributed by atoms with Gasteiger partial charge in [-0.1, -0.05) is 19.8 Å². The van der Waals surface area contributed by atoms with Gasteiger partial charge in [-0.15, -0.1) is 0 Å². The van der Waals surface area contributed by atoms with Crippen molar-refractivity contribution in [1.82, 2.24) is 10.2 Å². The molecule has 0 fully saturated rings. The molecular weight excluding hydrogens is 228 g/mol. The molecule has 4 heteroatoms. The first-order chi connectivity index (χ1) is 8.85. The minimum absolute atomic E-state index is 0.810. The molecular formula is C14H32N2O2. The van der Waals surface area contributed by atoms with E-state index in [1.807, 2.05) is 0 Å². The fraction of sp³-hybridized carbons (Fsp3) is 1.00. The van der Waals surface area contributed by atoms with E-state index in [1.165, 1.54) is 25.7 Å². The zero-order valence-electron chi connectivity index (χ0n) is 12.5. The Kier molecular flexibility index (Phi) is 14.8. The maximum absolute atomic E-state index is 5.13. The molecule has 0 aliphatic carbocycles. The molecule has 4 nitrogen and oxygen atoms in total. The van der Waals surface area contributed by atoms with Crippen molar-refractivity contribution >= 4 is 0 Å². The zero-order chi connectivity index (χ0) is 13.5. The summed E-state index contributed by atoms with van der Waals surface area (Å²) in [6.07, 6.45) is 5.22. The molecule has 0 saturated heterocycles. The van der Waals surface area contributed by atoms with Gasteiger partial charge in [-0.2, -0.15) is 0 Å². The molecule has 0 spiro atoms. The van der Waals surface area contributed by atoms with Crippen molar-refractivity contribution in [2.75, 3.05) is 60.2 Å². The molecule has 18 heavy (non-hydrogen) atoms. The Morgan fingerprint density at radius 2 is 1.44 bits per heavy atom. The van der Waals surface area contributed by atoms with E-state index in [9.17, 15) is 0 Å². The number of nitrogens with one attached hydrogen (secondary N) is 1. The van der Waals surface area contributed by atoms with Crippen LogP contribution in [0, 0.1) is 0 Å². The van der Waals surface area contributed by atoms with Gasteiger partial charge in [0.2, 0.25) is 0 Å². The number of nitrogens with zero attached hydrogens (tertiary/aromatic N) is 1. The van der Waals surface area contributed by atoms with E-state index in [4.69, 9.17) is 9.47 Å². The molecule has 0 aromatic heterocycles. The minimum atomic E-state index is 0.810. The molecule has 0 unspecified atom stereocenters. The van der Waals surface area contributed by atoms with Crippen molar-refractivity contribution in [3.05, 3.63) is 0 Å². The van der Waals surface area contributed by atoms with E-state index in [-0.39, 0.29) is 0 Å². The van der Waals surface area contributed by atoms with Crippen LogP contribution in [0.1, 0.15) is 32.6 Å². The Balaban J connectivity index is 3.43. The summed E-state index contributed by atoms with van der Waals surface area (Å²) >= 11 is 0. The first kappa shape index (κ1) is 17.8. The molecule has 0 bridgehead atoms. The monoisotopic (exact) mass is 260 g/mol. The lowest BCUT2D eigenvalue weighted by Gasteiger charge is -2.21. The molecule has 0 aliphatic heterocycles. The van der Waals surface area contributed by atoms with Gasteiger partial charge < -0.3 is 14.8 Å². The van der Waals surface area contributed by atoms with Crippen LogP contribution < -0.4 is 5.32 Å². The Morgan fingerprint density at radius 3 is 2.00 bits per heavy atom. The fourth-order valence-corrected chi connectivity index (χ4v) is 1.89. The van der Waals surface area contributed by atoms with E-state index in [2.05, 4.69) is 17.1 Å². The van der Waals surface area contributed by atoms with Crippen LogP contribution in [0.3, 0.4) is 0 Å². The van der Waals surface area contributed by atoms with E-state index >= 15 is 0 Å². The predicted molar refractivity (Wildman–Crippen MR) is 77.2 cm³/mol. The van der Waals surface area contributed by atoms with Crippen molar-refractivity contribution < 1.29 is 9.47 Å². The van der Waals surface area contributed by atoms with E-state index in [1.54, 1.807) is 14.2 Å². The highest BCUT2D eigenvalue weighted by Gasteiger charge is 2.03. The Bertz CT molecular complexity index is 149. The third-order valence-corrected chi connectivity index (χ3v) is 3.05. The van der Waals surface area contributed by atoms with Crippen LogP contribution in [-0.2, 0) is 9.47 Å². The number of methoxy groups -OCH3 is 2. The second-order valence-corrected chi connectivity index (χ2v) is 4.60. The SMILES string of the molecule is CCNCCCCCCN(CCOC)CCOC. The average molecular weight is 260 g/mol. The summed E-state index contributed by atoms with van der Waals surface area (Å²) in [5.74, 6) is 0. The number of hydrogen-bond donors (Lipinski definition) is 1. The van der Waals surface area contributed by atoms with Crippen LogP contribution in [-0.4, -0.2) is 65.1 Å². The molecule has 0 aromatic rings. The predicted octanol–water partition coefficient (Wildman–Crippen LogP) is 1.75. The summed E-state index contributed by atoms with van der Waals surface area (Å²) in [7, 11) is 3.52. The van der Waals surface area contributed by atoms with Gasteiger partial charge in [0, 0.05) is 27.3 Å². The lowest BCUT2D eigenvalue weighted by molar-refractivity contribution is 0.113. The van der Waals surface area contributed by atoms with E-state index in [0.717, 1.165) is 45.9 Å². The van der Waals surface area contributed by atoms with Gasteiger partial charge in [-0.05, 0) is 32.5 Å². The fourth-order valence-electron chi connectivity index (χ4n) is 1.89. The Labute approximate surface area is 113 Å². The van der Waals surface area contributed by atoms with Crippen LogP contribution in [0.2, 0.25) is 0 Å². The van der Waals surface area contributed by atoms with Gasteiger partial charge in [0.25, 0.3) is 0 Å². The van der Waals surface area contributed by atoms with Crippen molar-refractivity contribution in [2.24, 2.45) is 0 Å². The summed E-state index contributed by atoms with van der Waals surface area (Å²) < 4.78 is 10.3. The van der Waals surface area contributed by atoms with Crippen molar-refractivity contribution in [3.8, 4) is 0 Å². The van der Waals surface area contributed by atoms with Crippen LogP contribution in [0.25, 0.3) is 0 Å². The Hall–Kier alpha value is -0.160. The highest BCUT2D eigenvalue weighted by molar-refractivity contribution is 4.58. The summed E-state index contributed by atoms with van der Waals surface area (Å²) in [6.45, 7) is 9.20. The number of unbranched alkanes of at least 4 members (excludes halogenated alkanes) is 3. The van der Waals surface area contributed by atoms with Crippen LogP contribution in [0.5, 0.6) is 0 Å². The lowest BCUT2D eigenvalue weighted by atomic mass is 10.2. The van der Waals surface area contributed by atoms with Gasteiger partial charge in [0.1, 0.15) is 0 Å². The molecule has 0 amide bonds. The van der Waals surface area contributed by atoms with Gasteiger partial charge >= 0.3 is 0 Å². The molecule has 0 aromatic carbocycles. The van der Waals surface area contributed by atoms with Gasteiger partial charge in [-0.25, -0.2) is 0 Å². The molecule has 0 atom stereocenters. The lowest BCUT2D eigenvalue weighted by Crippen LogP contribution is -2.31. The summed E-state index contributed by atoms with van der Waals surface area (Å²) in [5, 5.41) is 3.36. The van der Waals surface area contributed by atoms with E-state index in [0.29, 0.717) is 0 Å². The molecule has 0 aliphatic rings. The first-order valence-corrected chi connectivity index (χ1v) is 7.26. The average Bonchev–Trinajstić information content (AvgIpc) is 2.40. The highest BCUT2D eigenvalue weighted by Crippen LogP contribution is 2.01. The van der Waals surface area contributed by atoms with Gasteiger partial charge in [-0.3, -0.25) is 4.90 Å². The minimum Gasteiger partial charge on any atom is -0.383 e. The summed E-state index contributed by atoms with van der Waals surface area (Å²) in [6, 6.07) is 0. The number of rotatable bonds is 14. The van der Waals surface area contributed by atoms with Gasteiger partial charge in [0.05, 0.1) is 13.2 Å². The Morgan fingerprint density at radius 1 is 0.833 bits per heavy atom. The van der Waals surface area contributed by atoms with Crippen molar-refractivity contribution in [1.29, 1.82) is 0 Å². The van der Waals surface area contributed by atoms with Crippen LogP contribution in [0.4, 0.5) is 0 Å². The number of hydrogen-bond acceptors (Lipinski definition) is 4. The van der Waals surface area contributed by atoms with Crippen molar-refractivity contribution in [2.45, 2.75) is 32.6 Å². The smallest absolute Gasteiger partial charge is 0.0589 e. The molecule has 0 rings (SSSR count). The summed E-state index contributed by atoms with van der Waals surface area (Å²) in [5.41, 5.74) is 0. The number of ether oxygens (including phenoxy) is 2. The molecule has 110 valence electrons. The maximum atomic E-state index is 5.13. The van der Waals surface area contributed by atoms with E-state index < -0.39 is 0 Å². The third-order valence-electron chi connectivity index (χ3n) is 3.05. The third kappa shape index (κ3) is 12.3. The van der Waals surface area contributed by atoms with Crippen LogP contribution >= 0.6 is 0 Å². The molecule has 0 heterocycles. The molecule has 0 saturated carbocycles. The summed E-state index contributed by atoms with van der Waals surface area (Å²) in [4.78, 5) is 2.43. The zero-order valence-corrected chi connectivity index (χ0v) is 12.5. The molecule has 1 N–H and O–H groups in total. The molecule has 0 radical (unpaired) electrons. The second-order valence-electron chi connectivity index (χ2n) is 4.60. The topological polar surface area (TPSA) is 33.7 Å². The van der Waals surface area contributed by atoms with Crippen molar-refractivity contribution in [3.63, 3.8) is 0 Å². The first-order valence-electron chi connectivity index (χ1n) is 7.26. The van der Waals surface area contributed by atoms with Crippen LogP contribution in [0.15, 0.2) is 0 Å². The quantitative estimate of drug-likeness (QED) is 0.483. The largest absolute Gasteiger partial charge is 0.383 e. The second kappa shape index (κ2) is 14.9. The standard InChI is InChI=1S/C14H32N2O2/c1-4-15-9-7-5-6-8-10-16(11-13-17-2)12-14-18-3/h15H,4-14H2,1-3H3. The highest BCUT2D eigenvalue weighted by atomic mass is 16.5. The van der Waals surface area contributed by atoms with Gasteiger partial charge in [0.15, 0.2) is 0 Å².